The maximum Gasteiger partial charge on any atom is 0.307 e. The lowest BCUT2D eigenvalue weighted by Gasteiger charge is -2.08. The molecule has 4 nitrogen and oxygen atoms in total. The first kappa shape index (κ1) is 9.03. The second kappa shape index (κ2) is 3.13. The molecule has 3 atom stereocenters. The molecular weight excluding hydrogens is 160 g/mol. The summed E-state index contributed by atoms with van der Waals surface area (Å²) < 4.78 is 0. The van der Waals surface area contributed by atoms with Gasteiger partial charge in [-0.1, -0.05) is 6.92 Å². The lowest BCUT2D eigenvalue weighted by Crippen LogP contribution is -2.24. The van der Waals surface area contributed by atoms with E-state index in [2.05, 4.69) is 0 Å². The first-order valence-electron chi connectivity index (χ1n) is 3.98. The molecule has 0 aliphatic heterocycles. The van der Waals surface area contributed by atoms with E-state index in [1.165, 1.54) is 0 Å². The van der Waals surface area contributed by atoms with Gasteiger partial charge >= 0.3 is 11.9 Å². The van der Waals surface area contributed by atoms with Crippen LogP contribution in [0.5, 0.6) is 0 Å². The standard InChI is InChI=1S/C8H12O4/c1-4-2-5(7(9)10)6(3-4)8(11)12/h4-6H,2-3H2,1H3,(H,9,10)(H,11,12)/t4?,5-,6+. The summed E-state index contributed by atoms with van der Waals surface area (Å²) in [5.41, 5.74) is 0. The van der Waals surface area contributed by atoms with Gasteiger partial charge in [-0.2, -0.15) is 0 Å². The van der Waals surface area contributed by atoms with Crippen molar-refractivity contribution in [2.24, 2.45) is 17.8 Å². The van der Waals surface area contributed by atoms with Gasteiger partial charge in [-0.05, 0) is 18.8 Å². The van der Waals surface area contributed by atoms with Crippen molar-refractivity contribution in [3.05, 3.63) is 0 Å². The highest BCUT2D eigenvalue weighted by atomic mass is 16.4. The van der Waals surface area contributed by atoms with Crippen LogP contribution in [-0.4, -0.2) is 22.2 Å². The highest BCUT2D eigenvalue weighted by molar-refractivity contribution is 5.80. The minimum atomic E-state index is -0.980. The Hall–Kier alpha value is -1.06. The second-order valence-corrected chi connectivity index (χ2v) is 3.47. The van der Waals surface area contributed by atoms with Crippen molar-refractivity contribution < 1.29 is 19.8 Å². The van der Waals surface area contributed by atoms with Gasteiger partial charge < -0.3 is 10.2 Å². The number of hydrogen-bond acceptors (Lipinski definition) is 2. The van der Waals surface area contributed by atoms with E-state index in [0.717, 1.165) is 0 Å². The minimum Gasteiger partial charge on any atom is -0.481 e. The average molecular weight is 172 g/mol. The zero-order valence-electron chi connectivity index (χ0n) is 6.86. The molecule has 4 heteroatoms. The molecule has 68 valence electrons. The van der Waals surface area contributed by atoms with E-state index in [1.807, 2.05) is 6.92 Å². The van der Waals surface area contributed by atoms with E-state index in [9.17, 15) is 9.59 Å². The molecule has 0 saturated heterocycles. The van der Waals surface area contributed by atoms with E-state index in [4.69, 9.17) is 10.2 Å². The van der Waals surface area contributed by atoms with Crippen LogP contribution in [0.2, 0.25) is 0 Å². The summed E-state index contributed by atoms with van der Waals surface area (Å²) in [6, 6.07) is 0. The van der Waals surface area contributed by atoms with Gasteiger partial charge in [-0.15, -0.1) is 0 Å². The molecule has 1 unspecified atom stereocenters. The summed E-state index contributed by atoms with van der Waals surface area (Å²) >= 11 is 0. The average Bonchev–Trinajstić information content (AvgIpc) is 2.31. The van der Waals surface area contributed by atoms with Gasteiger partial charge in [0.2, 0.25) is 0 Å². The highest BCUT2D eigenvalue weighted by Crippen LogP contribution is 2.36. The second-order valence-electron chi connectivity index (χ2n) is 3.47. The van der Waals surface area contributed by atoms with Crippen molar-refractivity contribution >= 4 is 11.9 Å². The number of hydrogen-bond donors (Lipinski definition) is 2. The molecule has 1 rings (SSSR count). The van der Waals surface area contributed by atoms with E-state index >= 15 is 0 Å². The van der Waals surface area contributed by atoms with Crippen molar-refractivity contribution in [1.29, 1.82) is 0 Å². The fraction of sp³-hybridized carbons (Fsp3) is 0.750. The van der Waals surface area contributed by atoms with Gasteiger partial charge in [0.05, 0.1) is 11.8 Å². The zero-order chi connectivity index (χ0) is 9.30. The van der Waals surface area contributed by atoms with Crippen LogP contribution >= 0.6 is 0 Å². The summed E-state index contributed by atoms with van der Waals surface area (Å²) in [4.78, 5) is 21.2. The van der Waals surface area contributed by atoms with E-state index in [0.29, 0.717) is 12.8 Å². The van der Waals surface area contributed by atoms with Crippen molar-refractivity contribution in [2.45, 2.75) is 19.8 Å². The maximum absolute atomic E-state index is 10.6. The summed E-state index contributed by atoms with van der Waals surface area (Å²) in [7, 11) is 0. The van der Waals surface area contributed by atoms with Gasteiger partial charge in [0.15, 0.2) is 0 Å². The number of carbonyl (C=O) groups is 2. The summed E-state index contributed by atoms with van der Waals surface area (Å²) in [6.07, 6.45) is 0.985. The Balaban J connectivity index is 2.72. The quantitative estimate of drug-likeness (QED) is 0.646. The van der Waals surface area contributed by atoms with Crippen LogP contribution in [0.15, 0.2) is 0 Å². The SMILES string of the molecule is CC1C[C@H](C(=O)O)[C@H](C(=O)O)C1. The van der Waals surface area contributed by atoms with Crippen molar-refractivity contribution in [2.75, 3.05) is 0 Å². The predicted octanol–water partition coefficient (Wildman–Crippen LogP) is 0.818. The van der Waals surface area contributed by atoms with Gasteiger partial charge in [-0.3, -0.25) is 9.59 Å². The van der Waals surface area contributed by atoms with Crippen LogP contribution in [0.3, 0.4) is 0 Å². The van der Waals surface area contributed by atoms with Gasteiger partial charge in [0.25, 0.3) is 0 Å². The first-order chi connectivity index (χ1) is 5.52. The lowest BCUT2D eigenvalue weighted by atomic mass is 9.97. The molecule has 2 N–H and O–H groups in total. The monoisotopic (exact) mass is 172 g/mol. The van der Waals surface area contributed by atoms with Crippen LogP contribution in [0.25, 0.3) is 0 Å². The molecule has 0 spiro atoms. The van der Waals surface area contributed by atoms with E-state index in [1.54, 1.807) is 0 Å². The van der Waals surface area contributed by atoms with Crippen molar-refractivity contribution in [3.8, 4) is 0 Å². The number of carboxylic acids is 2. The molecule has 0 aromatic rings. The summed E-state index contributed by atoms with van der Waals surface area (Å²) in [5, 5.41) is 17.4. The lowest BCUT2D eigenvalue weighted by molar-refractivity contribution is -0.152. The third kappa shape index (κ3) is 1.57. The smallest absolute Gasteiger partial charge is 0.307 e. The molecular formula is C8H12O4. The topological polar surface area (TPSA) is 74.6 Å². The largest absolute Gasteiger partial charge is 0.481 e. The Kier molecular flexibility index (Phi) is 2.35. The summed E-state index contributed by atoms with van der Waals surface area (Å²) in [6.45, 7) is 1.89. The van der Waals surface area contributed by atoms with E-state index < -0.39 is 23.8 Å². The number of aliphatic carboxylic acids is 2. The Morgan fingerprint density at radius 2 is 1.42 bits per heavy atom. The maximum atomic E-state index is 10.6. The molecule has 0 aromatic carbocycles. The van der Waals surface area contributed by atoms with Crippen LogP contribution < -0.4 is 0 Å². The molecule has 0 bridgehead atoms. The van der Waals surface area contributed by atoms with Crippen LogP contribution in [0.4, 0.5) is 0 Å². The molecule has 0 aromatic heterocycles. The number of carboxylic acid groups (broad SMARTS) is 2. The van der Waals surface area contributed by atoms with Crippen molar-refractivity contribution in [3.63, 3.8) is 0 Å². The third-order valence-electron chi connectivity index (χ3n) is 2.43. The zero-order valence-corrected chi connectivity index (χ0v) is 6.86. The Morgan fingerprint density at radius 3 is 1.67 bits per heavy atom. The van der Waals surface area contributed by atoms with Gasteiger partial charge in [0.1, 0.15) is 0 Å². The van der Waals surface area contributed by atoms with Gasteiger partial charge in [-0.25, -0.2) is 0 Å². The molecule has 0 heterocycles. The molecule has 12 heavy (non-hydrogen) atoms. The van der Waals surface area contributed by atoms with Crippen LogP contribution in [-0.2, 0) is 9.59 Å². The first-order valence-corrected chi connectivity index (χ1v) is 3.98. The molecule has 0 radical (unpaired) electrons. The van der Waals surface area contributed by atoms with Crippen LogP contribution in [0.1, 0.15) is 19.8 Å². The molecule has 1 saturated carbocycles. The Labute approximate surface area is 70.2 Å². The fourth-order valence-corrected chi connectivity index (χ4v) is 1.84. The molecule has 1 fully saturated rings. The molecule has 1 aliphatic rings. The Bertz CT molecular complexity index is 189. The van der Waals surface area contributed by atoms with Crippen molar-refractivity contribution in [1.82, 2.24) is 0 Å². The van der Waals surface area contributed by atoms with Gasteiger partial charge in [0, 0.05) is 0 Å². The molecule has 0 amide bonds. The Morgan fingerprint density at radius 1 is 1.08 bits per heavy atom. The predicted molar refractivity (Wildman–Crippen MR) is 40.6 cm³/mol. The molecule has 1 aliphatic carbocycles. The highest BCUT2D eigenvalue weighted by Gasteiger charge is 2.41. The van der Waals surface area contributed by atoms with Crippen LogP contribution in [0, 0.1) is 17.8 Å². The number of rotatable bonds is 2. The minimum absolute atomic E-state index is 0.215. The summed E-state index contributed by atoms with van der Waals surface area (Å²) in [5.74, 6) is -3.11. The fourth-order valence-electron chi connectivity index (χ4n) is 1.84. The third-order valence-corrected chi connectivity index (χ3v) is 2.43. The van der Waals surface area contributed by atoms with E-state index in [-0.39, 0.29) is 5.92 Å². The normalized spacial score (nSPS) is 34.9.